The fraction of sp³-hybridized carbons (Fsp3) is 1.00. The van der Waals surface area contributed by atoms with Crippen molar-refractivity contribution in [2.24, 2.45) is 0 Å². The molecule has 68 valence electrons. The largest absolute Gasteiger partial charge is 0.483 e. The maximum atomic E-state index is 5.34. The Bertz CT molecular complexity index is 76.1. The smallest absolute Gasteiger partial charge is 0.379 e. The van der Waals surface area contributed by atoms with Crippen LogP contribution in [0.3, 0.4) is 0 Å². The Morgan fingerprint density at radius 3 is 2.18 bits per heavy atom. The second kappa shape index (κ2) is 8.20. The summed E-state index contributed by atoms with van der Waals surface area (Å²) in [5, 5.41) is 0. The number of hydrogen-bond acceptors (Lipinski definition) is 3. The Labute approximate surface area is 70.6 Å². The summed E-state index contributed by atoms with van der Waals surface area (Å²) in [5.41, 5.74) is 0. The Hall–Kier alpha value is 0.0969. The standard InChI is InChI=1S/C7H18O3Si/c1-4-5-6-7-10-11(8-2)9-3/h11H,4-7H2,1-3H3. The lowest BCUT2D eigenvalue weighted by Crippen LogP contribution is -2.24. The first-order chi connectivity index (χ1) is 5.35. The van der Waals surface area contributed by atoms with Crippen LogP contribution in [0.2, 0.25) is 0 Å². The second-order valence-corrected chi connectivity index (χ2v) is 4.19. The molecule has 0 saturated carbocycles. The van der Waals surface area contributed by atoms with E-state index in [-0.39, 0.29) is 0 Å². The monoisotopic (exact) mass is 178 g/mol. The minimum absolute atomic E-state index is 0.770. The molecule has 0 atom stereocenters. The maximum Gasteiger partial charge on any atom is 0.483 e. The highest BCUT2D eigenvalue weighted by molar-refractivity contribution is 6.36. The van der Waals surface area contributed by atoms with Gasteiger partial charge in [0.05, 0.1) is 0 Å². The van der Waals surface area contributed by atoms with E-state index in [2.05, 4.69) is 6.92 Å². The lowest BCUT2D eigenvalue weighted by Gasteiger charge is -2.10. The summed E-state index contributed by atoms with van der Waals surface area (Å²) in [5.74, 6) is 0. The van der Waals surface area contributed by atoms with Gasteiger partial charge < -0.3 is 13.3 Å². The molecule has 0 N–H and O–H groups in total. The minimum Gasteiger partial charge on any atom is -0.379 e. The first kappa shape index (κ1) is 11.1. The van der Waals surface area contributed by atoms with Crippen LogP contribution in [0, 0.1) is 0 Å². The number of rotatable bonds is 7. The van der Waals surface area contributed by atoms with E-state index < -0.39 is 9.53 Å². The predicted molar refractivity (Wildman–Crippen MR) is 46.6 cm³/mol. The Morgan fingerprint density at radius 2 is 1.73 bits per heavy atom. The van der Waals surface area contributed by atoms with Gasteiger partial charge in [0.15, 0.2) is 0 Å². The molecule has 0 aromatic heterocycles. The lowest BCUT2D eigenvalue weighted by molar-refractivity contribution is 0.133. The van der Waals surface area contributed by atoms with E-state index in [0.29, 0.717) is 0 Å². The van der Waals surface area contributed by atoms with Crippen molar-refractivity contribution in [1.29, 1.82) is 0 Å². The van der Waals surface area contributed by atoms with Crippen LogP contribution in [0.15, 0.2) is 0 Å². The molecule has 0 aliphatic heterocycles. The molecule has 0 rings (SSSR count). The normalized spacial score (nSPS) is 10.9. The average molecular weight is 178 g/mol. The van der Waals surface area contributed by atoms with Crippen molar-refractivity contribution in [3.63, 3.8) is 0 Å². The Balaban J connectivity index is 3.07. The van der Waals surface area contributed by atoms with Gasteiger partial charge in [-0.25, -0.2) is 0 Å². The molecule has 0 aliphatic carbocycles. The molecule has 0 saturated heterocycles. The quantitative estimate of drug-likeness (QED) is 0.433. The van der Waals surface area contributed by atoms with Gasteiger partial charge in [0.2, 0.25) is 0 Å². The van der Waals surface area contributed by atoms with E-state index in [1.54, 1.807) is 14.2 Å². The molecule has 0 aromatic carbocycles. The van der Waals surface area contributed by atoms with Crippen LogP contribution in [0.1, 0.15) is 26.2 Å². The fourth-order valence-corrected chi connectivity index (χ4v) is 1.59. The summed E-state index contributed by atoms with van der Waals surface area (Å²) in [7, 11) is 1.52. The van der Waals surface area contributed by atoms with Crippen molar-refractivity contribution in [2.45, 2.75) is 26.2 Å². The molecule has 0 aromatic rings. The van der Waals surface area contributed by atoms with Crippen LogP contribution in [0.25, 0.3) is 0 Å². The van der Waals surface area contributed by atoms with Gasteiger partial charge in [-0.1, -0.05) is 19.8 Å². The Kier molecular flexibility index (Phi) is 8.27. The SMILES string of the molecule is CCCCCO[SiH](OC)OC. The minimum atomic E-state index is -1.73. The molecule has 11 heavy (non-hydrogen) atoms. The van der Waals surface area contributed by atoms with Crippen LogP contribution in [0.5, 0.6) is 0 Å². The third-order valence-corrected chi connectivity index (χ3v) is 2.66. The molecular weight excluding hydrogens is 160 g/mol. The zero-order chi connectivity index (χ0) is 8.53. The second-order valence-electron chi connectivity index (χ2n) is 2.34. The van der Waals surface area contributed by atoms with Crippen molar-refractivity contribution in [3.05, 3.63) is 0 Å². The molecular formula is C7H18O3Si. The molecule has 0 aliphatic rings. The summed E-state index contributed by atoms with van der Waals surface area (Å²) in [6, 6.07) is 0. The fourth-order valence-electron chi connectivity index (χ4n) is 0.764. The molecule has 0 radical (unpaired) electrons. The van der Waals surface area contributed by atoms with Crippen LogP contribution in [-0.2, 0) is 13.3 Å². The highest BCUT2D eigenvalue weighted by Crippen LogP contribution is 1.96. The molecule has 0 fully saturated rings. The number of unbranched alkanes of at least 4 members (excludes halogenated alkanes) is 2. The summed E-state index contributed by atoms with van der Waals surface area (Å²) >= 11 is 0. The molecule has 4 heteroatoms. The average Bonchev–Trinajstić information content (AvgIpc) is 2.05. The van der Waals surface area contributed by atoms with E-state index in [0.717, 1.165) is 13.0 Å². The molecule has 0 spiro atoms. The molecule has 0 unspecified atom stereocenters. The van der Waals surface area contributed by atoms with Crippen LogP contribution < -0.4 is 0 Å². The predicted octanol–water partition coefficient (Wildman–Crippen LogP) is 1.20. The van der Waals surface area contributed by atoms with Gasteiger partial charge in [-0.3, -0.25) is 0 Å². The molecule has 0 bridgehead atoms. The van der Waals surface area contributed by atoms with Crippen molar-refractivity contribution in [3.8, 4) is 0 Å². The highest BCUT2D eigenvalue weighted by atomic mass is 28.3. The van der Waals surface area contributed by atoms with Gasteiger partial charge in [0.25, 0.3) is 0 Å². The summed E-state index contributed by atoms with van der Waals surface area (Å²) < 4.78 is 15.3. The van der Waals surface area contributed by atoms with Gasteiger partial charge in [0, 0.05) is 20.8 Å². The zero-order valence-electron chi connectivity index (χ0n) is 7.63. The van der Waals surface area contributed by atoms with Crippen LogP contribution in [-0.4, -0.2) is 30.4 Å². The first-order valence-electron chi connectivity index (χ1n) is 4.02. The Morgan fingerprint density at radius 1 is 1.09 bits per heavy atom. The van der Waals surface area contributed by atoms with Crippen LogP contribution >= 0.6 is 0 Å². The number of hydrogen-bond donors (Lipinski definition) is 0. The van der Waals surface area contributed by atoms with E-state index in [1.807, 2.05) is 0 Å². The van der Waals surface area contributed by atoms with E-state index in [4.69, 9.17) is 13.3 Å². The van der Waals surface area contributed by atoms with Gasteiger partial charge in [0.1, 0.15) is 0 Å². The molecule has 0 heterocycles. The first-order valence-corrected chi connectivity index (χ1v) is 5.43. The van der Waals surface area contributed by atoms with E-state index in [9.17, 15) is 0 Å². The zero-order valence-corrected chi connectivity index (χ0v) is 8.79. The lowest BCUT2D eigenvalue weighted by atomic mass is 10.3. The van der Waals surface area contributed by atoms with Crippen LogP contribution in [0.4, 0.5) is 0 Å². The summed E-state index contributed by atoms with van der Waals surface area (Å²) in [6.45, 7) is 2.94. The summed E-state index contributed by atoms with van der Waals surface area (Å²) in [6.07, 6.45) is 3.54. The maximum absolute atomic E-state index is 5.34. The van der Waals surface area contributed by atoms with Crippen molar-refractivity contribution >= 4 is 9.53 Å². The van der Waals surface area contributed by atoms with Gasteiger partial charge in [-0.15, -0.1) is 0 Å². The van der Waals surface area contributed by atoms with Crippen molar-refractivity contribution in [2.75, 3.05) is 20.8 Å². The van der Waals surface area contributed by atoms with Gasteiger partial charge in [-0.2, -0.15) is 0 Å². The van der Waals surface area contributed by atoms with Gasteiger partial charge in [-0.05, 0) is 6.42 Å². The molecule has 0 amide bonds. The highest BCUT2D eigenvalue weighted by Gasteiger charge is 2.08. The van der Waals surface area contributed by atoms with Gasteiger partial charge >= 0.3 is 9.53 Å². The topological polar surface area (TPSA) is 27.7 Å². The summed E-state index contributed by atoms with van der Waals surface area (Å²) in [4.78, 5) is 0. The van der Waals surface area contributed by atoms with E-state index in [1.165, 1.54) is 12.8 Å². The van der Waals surface area contributed by atoms with E-state index >= 15 is 0 Å². The third kappa shape index (κ3) is 6.49. The van der Waals surface area contributed by atoms with Crippen molar-refractivity contribution in [1.82, 2.24) is 0 Å². The molecule has 3 nitrogen and oxygen atoms in total. The third-order valence-electron chi connectivity index (χ3n) is 1.39. The van der Waals surface area contributed by atoms with Crippen molar-refractivity contribution < 1.29 is 13.3 Å².